The monoisotopic (exact) mass is 573 g/mol. The lowest BCUT2D eigenvalue weighted by molar-refractivity contribution is -0.137. The summed E-state index contributed by atoms with van der Waals surface area (Å²) in [6.45, 7) is 4.71. The summed E-state index contributed by atoms with van der Waals surface area (Å²) in [6, 6.07) is 12.8. The van der Waals surface area contributed by atoms with E-state index in [4.69, 9.17) is 4.74 Å². The predicted octanol–water partition coefficient (Wildman–Crippen LogP) is 4.38. The summed E-state index contributed by atoms with van der Waals surface area (Å²) < 4.78 is 44.2. The summed E-state index contributed by atoms with van der Waals surface area (Å²) in [7, 11) is 0. The van der Waals surface area contributed by atoms with Crippen molar-refractivity contribution in [3.63, 3.8) is 0 Å². The van der Waals surface area contributed by atoms with Crippen LogP contribution in [0.4, 0.5) is 18.9 Å². The number of nitrogens with one attached hydrogen (secondary N) is 1. The van der Waals surface area contributed by atoms with Gasteiger partial charge in [-0.05, 0) is 80.5 Å². The number of anilines is 1. The third kappa shape index (κ3) is 7.28. The zero-order chi connectivity index (χ0) is 29.0. The molecule has 0 spiro atoms. The maximum absolute atomic E-state index is 12.9. The Balaban J connectivity index is 1.05. The van der Waals surface area contributed by atoms with Crippen LogP contribution in [-0.4, -0.2) is 73.7 Å². The average molecular weight is 574 g/mol. The molecule has 5 rings (SSSR count). The lowest BCUT2D eigenvalue weighted by Crippen LogP contribution is -2.41. The van der Waals surface area contributed by atoms with E-state index < -0.39 is 23.2 Å². The number of ether oxygens (including phenoxy) is 1. The Bertz CT molecular complexity index is 1210. The molecule has 2 N–H and O–H groups in total. The number of rotatable bonds is 8. The van der Waals surface area contributed by atoms with Crippen molar-refractivity contribution in [2.75, 3.05) is 50.8 Å². The van der Waals surface area contributed by atoms with Gasteiger partial charge in [-0.3, -0.25) is 9.59 Å². The quantitative estimate of drug-likeness (QED) is 0.488. The number of halogens is 3. The van der Waals surface area contributed by atoms with Gasteiger partial charge in [-0.1, -0.05) is 18.2 Å². The van der Waals surface area contributed by atoms with Crippen molar-refractivity contribution in [1.29, 1.82) is 0 Å². The number of hydrogen-bond donors (Lipinski definition) is 2. The first-order chi connectivity index (χ1) is 19.6. The van der Waals surface area contributed by atoms with E-state index in [1.807, 2.05) is 0 Å². The minimum Gasteiger partial charge on any atom is -0.385 e. The van der Waals surface area contributed by atoms with Gasteiger partial charge in [0.25, 0.3) is 5.91 Å². The number of aliphatic hydroxyl groups is 1. The number of likely N-dealkylation sites (tertiary alicyclic amines) is 1. The zero-order valence-electron chi connectivity index (χ0n) is 23.2. The number of amides is 1. The standard InChI is InChI=1S/C31H38F3N3O4/c32-31(33,34)25-3-1-2-23(19-25)29(39)35-20-28(38)18-22-10-13-37(21-22)27-8-11-30(40,12-9-27)24-4-6-26(7-5-24)36-14-16-41-17-15-36/h1-7,19,22,27,40H,8-18,20-21H2,(H,35,39)/t22-,27?,30?/m0/s1. The van der Waals surface area contributed by atoms with Gasteiger partial charge in [-0.2, -0.15) is 13.2 Å². The first-order valence-corrected chi connectivity index (χ1v) is 14.5. The van der Waals surface area contributed by atoms with E-state index in [0.29, 0.717) is 25.3 Å². The Kier molecular flexibility index (Phi) is 9.01. The van der Waals surface area contributed by atoms with Crippen LogP contribution in [0.15, 0.2) is 48.5 Å². The highest BCUT2D eigenvalue weighted by atomic mass is 19.4. The summed E-state index contributed by atoms with van der Waals surface area (Å²) in [5.41, 5.74) is 0.273. The molecule has 2 saturated heterocycles. The summed E-state index contributed by atoms with van der Waals surface area (Å²) in [6.07, 6.45) is -0.174. The molecular weight excluding hydrogens is 535 g/mol. The smallest absolute Gasteiger partial charge is 0.385 e. The minimum atomic E-state index is -4.54. The van der Waals surface area contributed by atoms with Crippen LogP contribution in [0.25, 0.3) is 0 Å². The van der Waals surface area contributed by atoms with Gasteiger partial charge in [0.15, 0.2) is 5.78 Å². The molecule has 3 aliphatic rings. The van der Waals surface area contributed by atoms with E-state index in [0.717, 1.165) is 82.0 Å². The second kappa shape index (κ2) is 12.5. The molecule has 2 aromatic rings. The Hall–Kier alpha value is -2.95. The summed E-state index contributed by atoms with van der Waals surface area (Å²) in [5.74, 6) is -0.639. The normalized spacial score (nSPS) is 25.7. The number of hydrogen-bond acceptors (Lipinski definition) is 6. The molecule has 2 heterocycles. The number of ketones is 1. The largest absolute Gasteiger partial charge is 0.416 e. The van der Waals surface area contributed by atoms with Gasteiger partial charge in [0, 0.05) is 43.3 Å². The SMILES string of the molecule is O=C(CNC(=O)c1cccc(C(F)(F)F)c1)C[C@@H]1CCN(C2CCC(O)(c3ccc(N4CCOCC4)cc3)CC2)C1. The molecule has 0 radical (unpaired) electrons. The minimum absolute atomic E-state index is 0.120. The highest BCUT2D eigenvalue weighted by Crippen LogP contribution is 2.40. The van der Waals surface area contributed by atoms with Crippen molar-refractivity contribution in [3.8, 4) is 0 Å². The highest BCUT2D eigenvalue weighted by molar-refractivity contribution is 5.96. The van der Waals surface area contributed by atoms with Crippen molar-refractivity contribution in [3.05, 3.63) is 65.2 Å². The van der Waals surface area contributed by atoms with Crippen LogP contribution in [0.3, 0.4) is 0 Å². The molecule has 7 nitrogen and oxygen atoms in total. The Labute approximate surface area is 238 Å². The highest BCUT2D eigenvalue weighted by Gasteiger charge is 2.38. The summed E-state index contributed by atoms with van der Waals surface area (Å²) >= 11 is 0. The van der Waals surface area contributed by atoms with E-state index >= 15 is 0 Å². The number of carbonyl (C=O) groups is 2. The van der Waals surface area contributed by atoms with Crippen molar-refractivity contribution in [1.82, 2.24) is 10.2 Å². The number of alkyl halides is 3. The average Bonchev–Trinajstić information content (AvgIpc) is 3.44. The molecular formula is C31H38F3N3O4. The third-order valence-electron chi connectivity index (χ3n) is 8.81. The van der Waals surface area contributed by atoms with Crippen LogP contribution in [0.5, 0.6) is 0 Å². The molecule has 41 heavy (non-hydrogen) atoms. The maximum atomic E-state index is 12.9. The fourth-order valence-corrected chi connectivity index (χ4v) is 6.41. The molecule has 222 valence electrons. The Morgan fingerprint density at radius 1 is 1.00 bits per heavy atom. The van der Waals surface area contributed by atoms with Crippen LogP contribution in [-0.2, 0) is 21.3 Å². The molecule has 0 bridgehead atoms. The molecule has 10 heteroatoms. The van der Waals surface area contributed by atoms with E-state index in [-0.39, 0.29) is 23.8 Å². The van der Waals surface area contributed by atoms with Gasteiger partial charge in [0.2, 0.25) is 0 Å². The molecule has 0 unspecified atom stereocenters. The van der Waals surface area contributed by atoms with E-state index in [1.165, 1.54) is 12.1 Å². The van der Waals surface area contributed by atoms with Crippen molar-refractivity contribution in [2.24, 2.45) is 5.92 Å². The number of nitrogens with zero attached hydrogens (tertiary/aromatic N) is 2. The van der Waals surface area contributed by atoms with Crippen LogP contribution >= 0.6 is 0 Å². The number of morpholine rings is 1. The molecule has 2 aliphatic heterocycles. The van der Waals surface area contributed by atoms with Crippen LogP contribution < -0.4 is 10.2 Å². The van der Waals surface area contributed by atoms with Gasteiger partial charge >= 0.3 is 6.18 Å². The zero-order valence-corrected chi connectivity index (χ0v) is 23.2. The van der Waals surface area contributed by atoms with Gasteiger partial charge in [0.1, 0.15) is 0 Å². The fraction of sp³-hybridized carbons (Fsp3) is 0.548. The molecule has 1 aliphatic carbocycles. The molecule has 2 aromatic carbocycles. The van der Waals surface area contributed by atoms with Gasteiger partial charge in [-0.15, -0.1) is 0 Å². The lowest BCUT2D eigenvalue weighted by atomic mass is 9.77. The van der Waals surface area contributed by atoms with E-state index in [2.05, 4.69) is 39.4 Å². The maximum Gasteiger partial charge on any atom is 0.416 e. The van der Waals surface area contributed by atoms with Crippen molar-refractivity contribution < 1.29 is 32.6 Å². The van der Waals surface area contributed by atoms with Crippen molar-refractivity contribution in [2.45, 2.75) is 56.3 Å². The molecule has 1 saturated carbocycles. The Morgan fingerprint density at radius 2 is 1.71 bits per heavy atom. The van der Waals surface area contributed by atoms with Crippen LogP contribution in [0, 0.1) is 5.92 Å². The molecule has 1 amide bonds. The van der Waals surface area contributed by atoms with E-state index in [1.54, 1.807) is 0 Å². The predicted molar refractivity (Wildman–Crippen MR) is 149 cm³/mol. The number of carbonyl (C=O) groups excluding carboxylic acids is 2. The van der Waals surface area contributed by atoms with Crippen LogP contribution in [0.1, 0.15) is 60.0 Å². The van der Waals surface area contributed by atoms with Crippen molar-refractivity contribution >= 4 is 17.4 Å². The van der Waals surface area contributed by atoms with Gasteiger partial charge in [-0.25, -0.2) is 0 Å². The molecule has 1 atom stereocenters. The third-order valence-corrected chi connectivity index (χ3v) is 8.81. The molecule has 0 aromatic heterocycles. The summed E-state index contributed by atoms with van der Waals surface area (Å²) in [4.78, 5) is 29.6. The van der Waals surface area contributed by atoms with E-state index in [9.17, 15) is 27.9 Å². The second-order valence-electron chi connectivity index (χ2n) is 11.6. The topological polar surface area (TPSA) is 82.1 Å². The second-order valence-corrected chi connectivity index (χ2v) is 11.6. The van der Waals surface area contributed by atoms with Gasteiger partial charge < -0.3 is 25.0 Å². The lowest BCUT2D eigenvalue weighted by Gasteiger charge is -2.40. The first kappa shape index (κ1) is 29.5. The fourth-order valence-electron chi connectivity index (χ4n) is 6.41. The summed E-state index contributed by atoms with van der Waals surface area (Å²) in [5, 5.41) is 13.9. The van der Waals surface area contributed by atoms with Crippen LogP contribution in [0.2, 0.25) is 0 Å². The number of Topliss-reactive ketones (excluding diaryl/α,β-unsaturated/α-hetero) is 1. The molecule has 3 fully saturated rings. The number of benzene rings is 2. The first-order valence-electron chi connectivity index (χ1n) is 14.5. The Morgan fingerprint density at radius 3 is 2.39 bits per heavy atom. The van der Waals surface area contributed by atoms with Gasteiger partial charge in [0.05, 0.1) is 30.9 Å².